The number of nitrogens with one attached hydrogen (secondary N) is 2. The van der Waals surface area contributed by atoms with E-state index in [4.69, 9.17) is 26.4 Å². The monoisotopic (exact) mass is 382 g/mol. The summed E-state index contributed by atoms with van der Waals surface area (Å²) in [6, 6.07) is 12.4. The Bertz CT molecular complexity index is 914. The van der Waals surface area contributed by atoms with E-state index in [1.54, 1.807) is 21.3 Å². The minimum atomic E-state index is -0.0455. The maximum Gasteiger partial charge on any atom is 0.203 e. The number of benzene rings is 2. The van der Waals surface area contributed by atoms with E-state index in [1.165, 1.54) is 16.7 Å². The topological polar surface area (TPSA) is 51.8 Å². The van der Waals surface area contributed by atoms with Gasteiger partial charge in [0.1, 0.15) is 0 Å². The van der Waals surface area contributed by atoms with Crippen molar-refractivity contribution in [3.05, 3.63) is 58.7 Å². The van der Waals surface area contributed by atoms with Crippen molar-refractivity contribution in [3.8, 4) is 17.2 Å². The molecule has 1 heterocycles. The molecule has 0 radical (unpaired) electrons. The molecule has 0 amide bonds. The minimum Gasteiger partial charge on any atom is -0.493 e. The number of thiocarbonyl (C=S) groups is 1. The minimum absolute atomic E-state index is 0.0455. The SMILES string of the molecule is COc1cc([C@H]2NC(=S)NC3=C2CCc2ccccc23)cc(OC)c1OC. The summed E-state index contributed by atoms with van der Waals surface area (Å²) in [5, 5.41) is 7.40. The van der Waals surface area contributed by atoms with Crippen LogP contribution in [0.4, 0.5) is 0 Å². The summed E-state index contributed by atoms with van der Waals surface area (Å²) in [4.78, 5) is 0. The highest BCUT2D eigenvalue weighted by Crippen LogP contribution is 2.44. The van der Waals surface area contributed by atoms with Gasteiger partial charge >= 0.3 is 0 Å². The fraction of sp³-hybridized carbons (Fsp3) is 0.286. The van der Waals surface area contributed by atoms with Gasteiger partial charge in [-0.1, -0.05) is 24.3 Å². The van der Waals surface area contributed by atoms with Crippen LogP contribution in [-0.4, -0.2) is 26.4 Å². The molecule has 5 nitrogen and oxygen atoms in total. The van der Waals surface area contributed by atoms with Crippen molar-refractivity contribution in [1.29, 1.82) is 0 Å². The Morgan fingerprint density at radius 1 is 0.963 bits per heavy atom. The lowest BCUT2D eigenvalue weighted by Gasteiger charge is -2.36. The van der Waals surface area contributed by atoms with Gasteiger partial charge in [-0.2, -0.15) is 0 Å². The average Bonchev–Trinajstić information content (AvgIpc) is 2.71. The molecule has 140 valence electrons. The maximum atomic E-state index is 5.53. The zero-order chi connectivity index (χ0) is 19.0. The van der Waals surface area contributed by atoms with E-state index in [2.05, 4.69) is 34.9 Å². The fourth-order valence-corrected chi connectivity index (χ4v) is 4.13. The van der Waals surface area contributed by atoms with Gasteiger partial charge < -0.3 is 24.8 Å². The molecule has 6 heteroatoms. The zero-order valence-corrected chi connectivity index (χ0v) is 16.4. The van der Waals surface area contributed by atoms with Crippen LogP contribution >= 0.6 is 12.2 Å². The summed E-state index contributed by atoms with van der Waals surface area (Å²) in [5.74, 6) is 1.86. The van der Waals surface area contributed by atoms with E-state index in [9.17, 15) is 0 Å². The van der Waals surface area contributed by atoms with Crippen molar-refractivity contribution in [1.82, 2.24) is 10.6 Å². The molecule has 2 aromatic carbocycles. The Hall–Kier alpha value is -2.73. The van der Waals surface area contributed by atoms with Crippen LogP contribution in [0.15, 0.2) is 42.0 Å². The molecule has 1 atom stereocenters. The average molecular weight is 382 g/mol. The number of rotatable bonds is 4. The van der Waals surface area contributed by atoms with Crippen molar-refractivity contribution in [3.63, 3.8) is 0 Å². The predicted octanol–water partition coefficient (Wildman–Crippen LogP) is 3.59. The molecule has 0 bridgehead atoms. The van der Waals surface area contributed by atoms with Gasteiger partial charge in [0.25, 0.3) is 0 Å². The first-order valence-corrected chi connectivity index (χ1v) is 9.25. The van der Waals surface area contributed by atoms with E-state index >= 15 is 0 Å². The summed E-state index contributed by atoms with van der Waals surface area (Å²) in [5.41, 5.74) is 5.99. The molecule has 1 aliphatic heterocycles. The summed E-state index contributed by atoms with van der Waals surface area (Å²) in [6.45, 7) is 0. The van der Waals surface area contributed by atoms with Crippen molar-refractivity contribution < 1.29 is 14.2 Å². The highest BCUT2D eigenvalue weighted by molar-refractivity contribution is 7.80. The van der Waals surface area contributed by atoms with E-state index < -0.39 is 0 Å². The molecule has 0 aromatic heterocycles. The van der Waals surface area contributed by atoms with Crippen LogP contribution in [0.1, 0.15) is 29.2 Å². The van der Waals surface area contributed by atoms with Gasteiger partial charge in [-0.15, -0.1) is 0 Å². The summed E-state index contributed by atoms with van der Waals surface area (Å²) >= 11 is 5.51. The molecular formula is C21H22N2O3S. The third kappa shape index (κ3) is 3.00. The number of hydrogen-bond acceptors (Lipinski definition) is 4. The number of ether oxygens (including phenoxy) is 3. The van der Waals surface area contributed by atoms with Crippen LogP contribution in [0, 0.1) is 0 Å². The predicted molar refractivity (Wildman–Crippen MR) is 109 cm³/mol. The Morgan fingerprint density at radius 3 is 2.33 bits per heavy atom. The molecule has 4 rings (SSSR count). The molecule has 0 saturated carbocycles. The number of methoxy groups -OCH3 is 3. The third-order valence-corrected chi connectivity index (χ3v) is 5.37. The smallest absolute Gasteiger partial charge is 0.203 e. The molecule has 2 N–H and O–H groups in total. The van der Waals surface area contributed by atoms with Gasteiger partial charge in [-0.05, 0) is 53.9 Å². The fourth-order valence-electron chi connectivity index (χ4n) is 3.91. The van der Waals surface area contributed by atoms with Crippen LogP contribution in [0.25, 0.3) is 5.70 Å². The second-order valence-electron chi connectivity index (χ2n) is 6.55. The van der Waals surface area contributed by atoms with Gasteiger partial charge in [0.2, 0.25) is 5.75 Å². The van der Waals surface area contributed by atoms with Crippen molar-refractivity contribution in [2.45, 2.75) is 18.9 Å². The van der Waals surface area contributed by atoms with Crippen LogP contribution in [0.2, 0.25) is 0 Å². The molecule has 0 saturated heterocycles. The lowest BCUT2D eigenvalue weighted by molar-refractivity contribution is 0.323. The molecule has 0 unspecified atom stereocenters. The summed E-state index contributed by atoms with van der Waals surface area (Å²) < 4.78 is 16.5. The first-order valence-electron chi connectivity index (χ1n) is 8.85. The summed E-state index contributed by atoms with van der Waals surface area (Å²) in [6.07, 6.45) is 1.96. The molecule has 2 aromatic rings. The van der Waals surface area contributed by atoms with E-state index in [0.29, 0.717) is 22.4 Å². The van der Waals surface area contributed by atoms with Crippen LogP contribution < -0.4 is 24.8 Å². The molecule has 0 spiro atoms. The van der Waals surface area contributed by atoms with Crippen molar-refractivity contribution in [2.75, 3.05) is 21.3 Å². The third-order valence-electron chi connectivity index (χ3n) is 5.15. The first-order chi connectivity index (χ1) is 13.2. The van der Waals surface area contributed by atoms with Gasteiger partial charge in [0.05, 0.1) is 27.4 Å². The van der Waals surface area contributed by atoms with E-state index in [-0.39, 0.29) is 6.04 Å². The highest BCUT2D eigenvalue weighted by atomic mass is 32.1. The lowest BCUT2D eigenvalue weighted by Crippen LogP contribution is -2.44. The Morgan fingerprint density at radius 2 is 1.67 bits per heavy atom. The second-order valence-corrected chi connectivity index (χ2v) is 6.96. The van der Waals surface area contributed by atoms with E-state index in [1.807, 2.05) is 12.1 Å². The van der Waals surface area contributed by atoms with Crippen LogP contribution in [-0.2, 0) is 6.42 Å². The van der Waals surface area contributed by atoms with Gasteiger partial charge in [0, 0.05) is 11.3 Å². The highest BCUT2D eigenvalue weighted by Gasteiger charge is 2.31. The molecule has 0 fully saturated rings. The maximum absolute atomic E-state index is 5.53. The molecule has 1 aliphatic carbocycles. The molecular weight excluding hydrogens is 360 g/mol. The second kappa shape index (κ2) is 7.12. The number of fused-ring (bicyclic) bond motifs is 2. The Balaban J connectivity index is 1.86. The Kier molecular flexibility index (Phi) is 4.66. The Labute approximate surface area is 164 Å². The van der Waals surface area contributed by atoms with Crippen molar-refractivity contribution in [2.24, 2.45) is 0 Å². The van der Waals surface area contributed by atoms with Crippen LogP contribution in [0.3, 0.4) is 0 Å². The molecule has 27 heavy (non-hydrogen) atoms. The number of aryl methyl sites for hydroxylation is 1. The first kappa shape index (κ1) is 17.7. The normalized spacial score (nSPS) is 18.0. The van der Waals surface area contributed by atoms with Gasteiger partial charge in [0.15, 0.2) is 16.6 Å². The van der Waals surface area contributed by atoms with Crippen LogP contribution in [0.5, 0.6) is 17.2 Å². The van der Waals surface area contributed by atoms with Gasteiger partial charge in [-0.25, -0.2) is 0 Å². The largest absolute Gasteiger partial charge is 0.493 e. The standard InChI is InChI=1S/C21H22N2O3S/c1-24-16-10-13(11-17(25-2)20(16)26-3)18-15-9-8-12-6-4-5-7-14(12)19(15)23-21(27)22-18/h4-7,10-11,18H,8-9H2,1-3H3,(H2,22,23,27)/t18-/m1/s1. The molecule has 2 aliphatic rings. The van der Waals surface area contributed by atoms with Gasteiger partial charge in [-0.3, -0.25) is 0 Å². The quantitative estimate of drug-likeness (QED) is 0.789. The lowest BCUT2D eigenvalue weighted by atomic mass is 9.83. The number of hydrogen-bond donors (Lipinski definition) is 2. The van der Waals surface area contributed by atoms with Crippen molar-refractivity contribution >= 4 is 23.0 Å². The summed E-state index contributed by atoms with van der Waals surface area (Å²) in [7, 11) is 4.86. The van der Waals surface area contributed by atoms with E-state index in [0.717, 1.165) is 24.1 Å². The zero-order valence-electron chi connectivity index (χ0n) is 15.6.